The number of aromatic nitrogens is 1. The molecule has 1 aromatic heterocycles. The van der Waals surface area contributed by atoms with Gasteiger partial charge in [-0.3, -0.25) is 4.79 Å². The lowest BCUT2D eigenvalue weighted by atomic mass is 10.2. The van der Waals surface area contributed by atoms with Crippen LogP contribution in [0.3, 0.4) is 0 Å². The van der Waals surface area contributed by atoms with Gasteiger partial charge in [0.2, 0.25) is 5.91 Å². The molecule has 0 aliphatic carbocycles. The van der Waals surface area contributed by atoms with Gasteiger partial charge < -0.3 is 9.80 Å². The van der Waals surface area contributed by atoms with Gasteiger partial charge in [-0.15, -0.1) is 11.8 Å². The summed E-state index contributed by atoms with van der Waals surface area (Å²) < 4.78 is 0. The number of carbonyl (C=O) groups is 1. The van der Waals surface area contributed by atoms with Crippen LogP contribution in [0.5, 0.6) is 0 Å². The average Bonchev–Trinajstić information content (AvgIpc) is 2.67. The maximum absolute atomic E-state index is 12.6. The SMILES string of the molecule is CC(SCc1ccccc1)C(=O)N1CCN(c2ccccn2)CC1. The number of rotatable bonds is 5. The molecule has 0 radical (unpaired) electrons. The maximum atomic E-state index is 12.6. The molecular weight excluding hydrogens is 318 g/mol. The molecule has 5 heteroatoms. The first-order valence-electron chi connectivity index (χ1n) is 8.34. The molecule has 24 heavy (non-hydrogen) atoms. The third-order valence-corrected chi connectivity index (χ3v) is 5.46. The standard InChI is InChI=1S/C19H23N3OS/c1-16(24-15-17-7-3-2-4-8-17)19(23)22-13-11-21(12-14-22)18-9-5-6-10-20-18/h2-10,16H,11-15H2,1H3. The third kappa shape index (κ3) is 4.29. The molecule has 0 spiro atoms. The molecule has 1 amide bonds. The Balaban J connectivity index is 1.48. The lowest BCUT2D eigenvalue weighted by molar-refractivity contribution is -0.130. The van der Waals surface area contributed by atoms with Crippen LogP contribution < -0.4 is 4.90 Å². The molecule has 1 aliphatic heterocycles. The van der Waals surface area contributed by atoms with Gasteiger partial charge in [-0.25, -0.2) is 4.98 Å². The molecule has 1 unspecified atom stereocenters. The maximum Gasteiger partial charge on any atom is 0.235 e. The summed E-state index contributed by atoms with van der Waals surface area (Å²) in [4.78, 5) is 21.3. The summed E-state index contributed by atoms with van der Waals surface area (Å²) in [6.07, 6.45) is 1.81. The zero-order valence-corrected chi connectivity index (χ0v) is 14.8. The van der Waals surface area contributed by atoms with E-state index in [0.717, 1.165) is 37.7 Å². The van der Waals surface area contributed by atoms with Crippen molar-refractivity contribution in [3.63, 3.8) is 0 Å². The summed E-state index contributed by atoms with van der Waals surface area (Å²) in [6.45, 7) is 5.25. The molecule has 1 atom stereocenters. The van der Waals surface area contributed by atoms with Crippen molar-refractivity contribution < 1.29 is 4.79 Å². The van der Waals surface area contributed by atoms with Crippen molar-refractivity contribution in [2.24, 2.45) is 0 Å². The van der Waals surface area contributed by atoms with Gasteiger partial charge in [0.25, 0.3) is 0 Å². The zero-order valence-electron chi connectivity index (χ0n) is 14.0. The van der Waals surface area contributed by atoms with Crippen LogP contribution in [0.4, 0.5) is 5.82 Å². The van der Waals surface area contributed by atoms with Crippen molar-refractivity contribution in [3.05, 3.63) is 60.3 Å². The van der Waals surface area contributed by atoms with Crippen molar-refractivity contribution in [2.75, 3.05) is 31.1 Å². The predicted molar refractivity (Wildman–Crippen MR) is 100 cm³/mol. The van der Waals surface area contributed by atoms with Gasteiger partial charge in [0.05, 0.1) is 5.25 Å². The summed E-state index contributed by atoms with van der Waals surface area (Å²) >= 11 is 1.71. The van der Waals surface area contributed by atoms with Gasteiger partial charge in [-0.05, 0) is 24.6 Å². The molecule has 1 aliphatic rings. The molecule has 3 rings (SSSR count). The molecule has 1 aromatic carbocycles. The second kappa shape index (κ2) is 8.20. The van der Waals surface area contributed by atoms with Crippen LogP contribution >= 0.6 is 11.8 Å². The summed E-state index contributed by atoms with van der Waals surface area (Å²) in [5, 5.41) is -0.00777. The van der Waals surface area contributed by atoms with Crippen molar-refractivity contribution in [3.8, 4) is 0 Å². The first-order valence-corrected chi connectivity index (χ1v) is 9.39. The van der Waals surface area contributed by atoms with Gasteiger partial charge in [-0.2, -0.15) is 0 Å². The monoisotopic (exact) mass is 341 g/mol. The smallest absolute Gasteiger partial charge is 0.235 e. The fraction of sp³-hybridized carbons (Fsp3) is 0.368. The second-order valence-electron chi connectivity index (χ2n) is 5.94. The van der Waals surface area contributed by atoms with Gasteiger partial charge in [-0.1, -0.05) is 36.4 Å². The Hall–Kier alpha value is -2.01. The van der Waals surface area contributed by atoms with Crippen LogP contribution in [0, 0.1) is 0 Å². The minimum Gasteiger partial charge on any atom is -0.353 e. The molecule has 2 heterocycles. The number of benzene rings is 1. The fourth-order valence-electron chi connectivity index (χ4n) is 2.82. The van der Waals surface area contributed by atoms with Crippen LogP contribution in [-0.4, -0.2) is 47.2 Å². The first-order chi connectivity index (χ1) is 11.7. The Morgan fingerprint density at radius 2 is 1.79 bits per heavy atom. The zero-order chi connectivity index (χ0) is 16.8. The van der Waals surface area contributed by atoms with Crippen molar-refractivity contribution >= 4 is 23.5 Å². The highest BCUT2D eigenvalue weighted by Gasteiger charge is 2.25. The number of amides is 1. The highest BCUT2D eigenvalue weighted by Crippen LogP contribution is 2.20. The highest BCUT2D eigenvalue weighted by atomic mass is 32.2. The molecule has 1 fully saturated rings. The normalized spacial score (nSPS) is 16.0. The van der Waals surface area contributed by atoms with Gasteiger partial charge in [0.1, 0.15) is 5.82 Å². The Morgan fingerprint density at radius 3 is 2.46 bits per heavy atom. The van der Waals surface area contributed by atoms with Crippen molar-refractivity contribution in [1.82, 2.24) is 9.88 Å². The van der Waals surface area contributed by atoms with E-state index in [2.05, 4.69) is 22.0 Å². The lowest BCUT2D eigenvalue weighted by Crippen LogP contribution is -2.50. The predicted octanol–water partition coefficient (Wildman–Crippen LogP) is 3.05. The van der Waals surface area contributed by atoms with Crippen LogP contribution in [0.1, 0.15) is 12.5 Å². The Labute approximate surface area is 147 Å². The lowest BCUT2D eigenvalue weighted by Gasteiger charge is -2.36. The molecule has 0 saturated carbocycles. The summed E-state index contributed by atoms with van der Waals surface area (Å²) in [6, 6.07) is 16.3. The number of carbonyl (C=O) groups excluding carboxylic acids is 1. The Morgan fingerprint density at radius 1 is 1.08 bits per heavy atom. The molecule has 4 nitrogen and oxygen atoms in total. The molecule has 2 aromatic rings. The molecule has 126 valence electrons. The van der Waals surface area contributed by atoms with E-state index in [1.165, 1.54) is 5.56 Å². The Kier molecular flexibility index (Phi) is 5.75. The number of hydrogen-bond acceptors (Lipinski definition) is 4. The van der Waals surface area contributed by atoms with E-state index in [1.54, 1.807) is 11.8 Å². The summed E-state index contributed by atoms with van der Waals surface area (Å²) in [5.74, 6) is 2.12. The van der Waals surface area contributed by atoms with E-state index < -0.39 is 0 Å². The largest absolute Gasteiger partial charge is 0.353 e. The molecular formula is C19H23N3OS. The quantitative estimate of drug-likeness (QED) is 0.837. The topological polar surface area (TPSA) is 36.4 Å². The van der Waals surface area contributed by atoms with E-state index in [-0.39, 0.29) is 11.2 Å². The molecule has 1 saturated heterocycles. The van der Waals surface area contributed by atoms with E-state index in [1.807, 2.05) is 54.4 Å². The van der Waals surface area contributed by atoms with E-state index in [9.17, 15) is 4.79 Å². The average molecular weight is 341 g/mol. The summed E-state index contributed by atoms with van der Waals surface area (Å²) in [7, 11) is 0. The van der Waals surface area contributed by atoms with Gasteiger partial charge in [0, 0.05) is 38.1 Å². The van der Waals surface area contributed by atoms with Crippen molar-refractivity contribution in [1.29, 1.82) is 0 Å². The number of thioether (sulfide) groups is 1. The minimum atomic E-state index is -0.00777. The number of hydrogen-bond donors (Lipinski definition) is 0. The van der Waals surface area contributed by atoms with E-state index in [0.29, 0.717) is 0 Å². The van der Waals surface area contributed by atoms with Gasteiger partial charge in [0.15, 0.2) is 0 Å². The van der Waals surface area contributed by atoms with Crippen LogP contribution in [0.2, 0.25) is 0 Å². The minimum absolute atomic E-state index is 0.00777. The number of nitrogens with zero attached hydrogens (tertiary/aromatic N) is 3. The number of piperazine rings is 1. The highest BCUT2D eigenvalue weighted by molar-refractivity contribution is 7.99. The Bertz CT molecular complexity index is 642. The van der Waals surface area contributed by atoms with Crippen molar-refractivity contribution in [2.45, 2.75) is 17.9 Å². The first kappa shape index (κ1) is 16.8. The second-order valence-corrected chi connectivity index (χ2v) is 7.27. The number of anilines is 1. The van der Waals surface area contributed by atoms with Crippen LogP contribution in [0.15, 0.2) is 54.7 Å². The van der Waals surface area contributed by atoms with Gasteiger partial charge >= 0.3 is 0 Å². The van der Waals surface area contributed by atoms with E-state index in [4.69, 9.17) is 0 Å². The molecule has 0 bridgehead atoms. The summed E-state index contributed by atoms with van der Waals surface area (Å²) in [5.41, 5.74) is 1.27. The number of pyridine rings is 1. The van der Waals surface area contributed by atoms with Crippen LogP contribution in [0.25, 0.3) is 0 Å². The third-order valence-electron chi connectivity index (χ3n) is 4.26. The van der Waals surface area contributed by atoms with Crippen LogP contribution in [-0.2, 0) is 10.5 Å². The molecule has 0 N–H and O–H groups in total. The van der Waals surface area contributed by atoms with E-state index >= 15 is 0 Å². The fourth-order valence-corrected chi connectivity index (χ4v) is 3.75.